The molecule has 0 heterocycles. The van der Waals surface area contributed by atoms with Crippen LogP contribution < -0.4 is 15.4 Å². The Bertz CT molecular complexity index is 1100. The Labute approximate surface area is 182 Å². The van der Waals surface area contributed by atoms with Crippen molar-refractivity contribution < 1.29 is 14.3 Å². The van der Waals surface area contributed by atoms with Crippen molar-refractivity contribution in [2.24, 2.45) is 0 Å². The van der Waals surface area contributed by atoms with Gasteiger partial charge in [-0.3, -0.25) is 9.59 Å². The van der Waals surface area contributed by atoms with Gasteiger partial charge in [-0.15, -0.1) is 0 Å². The molecule has 0 aliphatic heterocycles. The second kappa shape index (κ2) is 9.04. The number of nitrogens with one attached hydrogen (secondary N) is 2. The summed E-state index contributed by atoms with van der Waals surface area (Å²) in [7, 11) is 1.62. The summed E-state index contributed by atoms with van der Waals surface area (Å²) in [6, 6.07) is 21.2. The minimum absolute atomic E-state index is 0.0303. The van der Waals surface area contributed by atoms with E-state index in [0.29, 0.717) is 23.7 Å². The van der Waals surface area contributed by atoms with Crippen LogP contribution >= 0.6 is 0 Å². The molecule has 3 aromatic rings. The highest BCUT2D eigenvalue weighted by molar-refractivity contribution is 5.97. The number of ether oxygens (including phenoxy) is 1. The van der Waals surface area contributed by atoms with Crippen LogP contribution in [-0.4, -0.2) is 25.0 Å². The first-order valence-corrected chi connectivity index (χ1v) is 10.5. The SMILES string of the molecule is COc1cccc(CNC(=O)c2ccc(-c3cc(C(=O)NC4CC4)ccc3C)cc2)c1. The summed E-state index contributed by atoms with van der Waals surface area (Å²) in [6.07, 6.45) is 2.12. The number of hydrogen-bond acceptors (Lipinski definition) is 3. The molecular weight excluding hydrogens is 388 g/mol. The van der Waals surface area contributed by atoms with Gasteiger partial charge < -0.3 is 15.4 Å². The highest BCUT2D eigenvalue weighted by atomic mass is 16.5. The van der Waals surface area contributed by atoms with Crippen LogP contribution in [0.15, 0.2) is 66.7 Å². The highest BCUT2D eigenvalue weighted by Crippen LogP contribution is 2.26. The van der Waals surface area contributed by atoms with Crippen LogP contribution in [-0.2, 0) is 6.54 Å². The van der Waals surface area contributed by atoms with Gasteiger partial charge in [-0.05, 0) is 78.4 Å². The predicted octanol–water partition coefficient (Wildman–Crippen LogP) is 4.49. The van der Waals surface area contributed by atoms with Crippen molar-refractivity contribution in [3.05, 3.63) is 89.0 Å². The third-order valence-corrected chi connectivity index (χ3v) is 5.46. The van der Waals surface area contributed by atoms with Gasteiger partial charge in [0.25, 0.3) is 11.8 Å². The van der Waals surface area contributed by atoms with E-state index < -0.39 is 0 Å². The van der Waals surface area contributed by atoms with Crippen LogP contribution in [0.5, 0.6) is 5.75 Å². The first-order chi connectivity index (χ1) is 15.0. The summed E-state index contributed by atoms with van der Waals surface area (Å²) in [4.78, 5) is 24.9. The smallest absolute Gasteiger partial charge is 0.251 e. The number of carbonyl (C=O) groups is 2. The van der Waals surface area contributed by atoms with E-state index in [1.54, 1.807) is 7.11 Å². The van der Waals surface area contributed by atoms with E-state index in [4.69, 9.17) is 4.74 Å². The van der Waals surface area contributed by atoms with E-state index in [9.17, 15) is 9.59 Å². The Morgan fingerprint density at radius 1 is 0.935 bits per heavy atom. The van der Waals surface area contributed by atoms with Crippen molar-refractivity contribution >= 4 is 11.8 Å². The zero-order chi connectivity index (χ0) is 21.8. The molecule has 0 aromatic heterocycles. The van der Waals surface area contributed by atoms with E-state index in [-0.39, 0.29) is 11.8 Å². The van der Waals surface area contributed by atoms with Crippen molar-refractivity contribution in [1.29, 1.82) is 0 Å². The largest absolute Gasteiger partial charge is 0.497 e. The molecule has 0 atom stereocenters. The fourth-order valence-corrected chi connectivity index (χ4v) is 3.44. The summed E-state index contributed by atoms with van der Waals surface area (Å²) in [5, 5.41) is 5.97. The molecule has 1 aliphatic rings. The molecule has 5 heteroatoms. The first-order valence-electron chi connectivity index (χ1n) is 10.5. The number of amides is 2. The average molecular weight is 415 g/mol. The number of carbonyl (C=O) groups excluding carboxylic acids is 2. The Balaban J connectivity index is 1.44. The Morgan fingerprint density at radius 2 is 1.68 bits per heavy atom. The quantitative estimate of drug-likeness (QED) is 0.598. The molecule has 2 amide bonds. The predicted molar refractivity (Wildman–Crippen MR) is 121 cm³/mol. The number of benzene rings is 3. The molecule has 158 valence electrons. The second-order valence-corrected chi connectivity index (χ2v) is 7.89. The Kier molecular flexibility index (Phi) is 6.03. The number of hydrogen-bond donors (Lipinski definition) is 2. The molecule has 4 rings (SSSR count). The van der Waals surface area contributed by atoms with Gasteiger partial charge in [-0.1, -0.05) is 30.3 Å². The maximum absolute atomic E-state index is 12.5. The van der Waals surface area contributed by atoms with Gasteiger partial charge in [-0.2, -0.15) is 0 Å². The molecular formula is C26H26N2O3. The van der Waals surface area contributed by atoms with E-state index in [1.807, 2.05) is 73.7 Å². The molecule has 31 heavy (non-hydrogen) atoms. The van der Waals surface area contributed by atoms with Crippen molar-refractivity contribution in [3.8, 4) is 16.9 Å². The summed E-state index contributed by atoms with van der Waals surface area (Å²) in [5.74, 6) is 0.598. The molecule has 1 saturated carbocycles. The first kappa shape index (κ1) is 20.7. The molecule has 0 spiro atoms. The number of aryl methyl sites for hydroxylation is 1. The number of methoxy groups -OCH3 is 1. The summed E-state index contributed by atoms with van der Waals surface area (Å²) >= 11 is 0. The van der Waals surface area contributed by atoms with Gasteiger partial charge in [0.15, 0.2) is 0 Å². The van der Waals surface area contributed by atoms with Crippen LogP contribution in [0.4, 0.5) is 0 Å². The van der Waals surface area contributed by atoms with Crippen LogP contribution in [0.25, 0.3) is 11.1 Å². The molecule has 3 aromatic carbocycles. The van der Waals surface area contributed by atoms with Crippen molar-refractivity contribution in [2.45, 2.75) is 32.4 Å². The van der Waals surface area contributed by atoms with Crippen LogP contribution in [0, 0.1) is 6.92 Å². The molecule has 0 radical (unpaired) electrons. The molecule has 1 fully saturated rings. The lowest BCUT2D eigenvalue weighted by Gasteiger charge is -2.11. The Hall–Kier alpha value is -3.60. The molecule has 0 bridgehead atoms. The lowest BCUT2D eigenvalue weighted by molar-refractivity contribution is 0.0943. The maximum Gasteiger partial charge on any atom is 0.251 e. The molecule has 0 unspecified atom stereocenters. The molecule has 0 saturated heterocycles. The van der Waals surface area contributed by atoms with Gasteiger partial charge in [0.2, 0.25) is 0 Å². The summed E-state index contributed by atoms with van der Waals surface area (Å²) in [5.41, 5.74) is 5.27. The van der Waals surface area contributed by atoms with Crippen LogP contribution in [0.2, 0.25) is 0 Å². The lowest BCUT2D eigenvalue weighted by Crippen LogP contribution is -2.25. The van der Waals surface area contributed by atoms with Gasteiger partial charge in [0.1, 0.15) is 5.75 Å². The lowest BCUT2D eigenvalue weighted by atomic mass is 9.97. The van der Waals surface area contributed by atoms with Gasteiger partial charge in [0.05, 0.1) is 7.11 Å². The molecule has 1 aliphatic carbocycles. The van der Waals surface area contributed by atoms with Gasteiger partial charge >= 0.3 is 0 Å². The standard InChI is InChI=1S/C26H26N2O3/c1-17-6-7-21(26(30)28-22-12-13-22)15-24(17)19-8-10-20(11-9-19)25(29)27-16-18-4-3-5-23(14-18)31-2/h3-11,14-15,22H,12-13,16H2,1-2H3,(H,27,29)(H,28,30). The fourth-order valence-electron chi connectivity index (χ4n) is 3.44. The van der Waals surface area contributed by atoms with E-state index in [2.05, 4.69) is 10.6 Å². The zero-order valence-corrected chi connectivity index (χ0v) is 17.8. The topological polar surface area (TPSA) is 67.4 Å². The van der Waals surface area contributed by atoms with Crippen molar-refractivity contribution in [2.75, 3.05) is 7.11 Å². The van der Waals surface area contributed by atoms with E-state index >= 15 is 0 Å². The minimum Gasteiger partial charge on any atom is -0.497 e. The number of rotatable bonds is 7. The minimum atomic E-state index is -0.136. The zero-order valence-electron chi connectivity index (χ0n) is 17.8. The van der Waals surface area contributed by atoms with Gasteiger partial charge in [-0.25, -0.2) is 0 Å². The van der Waals surface area contributed by atoms with E-state index in [1.165, 1.54) is 0 Å². The van der Waals surface area contributed by atoms with E-state index in [0.717, 1.165) is 40.8 Å². The Morgan fingerprint density at radius 3 is 2.39 bits per heavy atom. The molecule has 5 nitrogen and oxygen atoms in total. The van der Waals surface area contributed by atoms with Crippen molar-refractivity contribution in [1.82, 2.24) is 10.6 Å². The third-order valence-electron chi connectivity index (χ3n) is 5.46. The van der Waals surface area contributed by atoms with Gasteiger partial charge in [0, 0.05) is 23.7 Å². The van der Waals surface area contributed by atoms with Crippen molar-refractivity contribution in [3.63, 3.8) is 0 Å². The molecule has 2 N–H and O–H groups in total. The second-order valence-electron chi connectivity index (χ2n) is 7.89. The normalized spacial score (nSPS) is 12.8. The fraction of sp³-hybridized carbons (Fsp3) is 0.231. The van der Waals surface area contributed by atoms with Crippen LogP contribution in [0.1, 0.15) is 44.7 Å². The monoisotopic (exact) mass is 414 g/mol. The third kappa shape index (κ3) is 5.12. The summed E-state index contributed by atoms with van der Waals surface area (Å²) < 4.78 is 5.22. The average Bonchev–Trinajstić information content (AvgIpc) is 3.62. The maximum atomic E-state index is 12.5. The highest BCUT2D eigenvalue weighted by Gasteiger charge is 2.24. The van der Waals surface area contributed by atoms with Crippen LogP contribution in [0.3, 0.4) is 0 Å². The summed E-state index contributed by atoms with van der Waals surface area (Å²) in [6.45, 7) is 2.45.